The SMILES string of the molecule is COc1cc(C#N)ccc1OCc1nc(C(C)(C)C)no1. The minimum absolute atomic E-state index is 0.144. The molecule has 0 aliphatic carbocycles. The van der Waals surface area contributed by atoms with Crippen LogP contribution in [0.4, 0.5) is 0 Å². The summed E-state index contributed by atoms with van der Waals surface area (Å²) in [5.41, 5.74) is 0.334. The first-order chi connectivity index (χ1) is 9.94. The number of ether oxygens (including phenoxy) is 2. The number of nitrogens with zero attached hydrogens (tertiary/aromatic N) is 3. The molecule has 2 rings (SSSR count). The van der Waals surface area contributed by atoms with Crippen LogP contribution in [0.15, 0.2) is 22.7 Å². The highest BCUT2D eigenvalue weighted by Gasteiger charge is 2.21. The molecule has 0 fully saturated rings. The van der Waals surface area contributed by atoms with Crippen LogP contribution in [0.5, 0.6) is 11.5 Å². The van der Waals surface area contributed by atoms with Gasteiger partial charge in [0.05, 0.1) is 18.7 Å². The summed E-state index contributed by atoms with van der Waals surface area (Å²) < 4.78 is 16.0. The lowest BCUT2D eigenvalue weighted by molar-refractivity contribution is 0.232. The molecule has 0 amide bonds. The Balaban J connectivity index is 2.10. The zero-order valence-corrected chi connectivity index (χ0v) is 12.5. The van der Waals surface area contributed by atoms with E-state index in [0.29, 0.717) is 28.8 Å². The highest BCUT2D eigenvalue weighted by Crippen LogP contribution is 2.28. The normalized spacial score (nSPS) is 11.0. The summed E-state index contributed by atoms with van der Waals surface area (Å²) in [6, 6.07) is 7.00. The van der Waals surface area contributed by atoms with Gasteiger partial charge in [0.15, 0.2) is 23.9 Å². The standard InChI is InChI=1S/C15H17N3O3/c1-15(2,3)14-17-13(21-18-14)9-20-11-6-5-10(8-16)7-12(11)19-4/h5-7H,9H2,1-4H3. The third-order valence-corrected chi connectivity index (χ3v) is 2.78. The van der Waals surface area contributed by atoms with Gasteiger partial charge < -0.3 is 14.0 Å². The van der Waals surface area contributed by atoms with Crippen LogP contribution in [0.25, 0.3) is 0 Å². The lowest BCUT2D eigenvalue weighted by Gasteiger charge is -2.11. The lowest BCUT2D eigenvalue weighted by Crippen LogP contribution is -2.13. The Bertz CT molecular complexity index is 666. The Morgan fingerprint density at radius 2 is 2.05 bits per heavy atom. The fourth-order valence-electron chi connectivity index (χ4n) is 1.61. The van der Waals surface area contributed by atoms with Gasteiger partial charge in [0.25, 0.3) is 5.89 Å². The van der Waals surface area contributed by atoms with Crippen molar-refractivity contribution in [2.75, 3.05) is 7.11 Å². The van der Waals surface area contributed by atoms with Crippen molar-refractivity contribution in [3.05, 3.63) is 35.5 Å². The van der Waals surface area contributed by atoms with Gasteiger partial charge in [-0.3, -0.25) is 0 Å². The van der Waals surface area contributed by atoms with E-state index in [1.54, 1.807) is 18.2 Å². The Labute approximate surface area is 123 Å². The van der Waals surface area contributed by atoms with E-state index in [-0.39, 0.29) is 12.0 Å². The Morgan fingerprint density at radius 3 is 2.62 bits per heavy atom. The summed E-state index contributed by atoms with van der Waals surface area (Å²) in [7, 11) is 1.52. The molecule has 1 aromatic heterocycles. The molecule has 0 bridgehead atoms. The maximum absolute atomic E-state index is 8.86. The van der Waals surface area contributed by atoms with Gasteiger partial charge in [0.1, 0.15) is 0 Å². The minimum Gasteiger partial charge on any atom is -0.493 e. The summed E-state index contributed by atoms with van der Waals surface area (Å²) in [5, 5.41) is 12.8. The number of rotatable bonds is 4. The van der Waals surface area contributed by atoms with Crippen LogP contribution in [0.2, 0.25) is 0 Å². The van der Waals surface area contributed by atoms with Crippen LogP contribution in [-0.2, 0) is 12.0 Å². The fourth-order valence-corrected chi connectivity index (χ4v) is 1.61. The van der Waals surface area contributed by atoms with Gasteiger partial charge in [-0.15, -0.1) is 0 Å². The first-order valence-electron chi connectivity index (χ1n) is 6.48. The molecular weight excluding hydrogens is 270 g/mol. The second-order valence-corrected chi connectivity index (χ2v) is 5.53. The predicted octanol–water partition coefficient (Wildman–Crippen LogP) is 2.83. The van der Waals surface area contributed by atoms with Crippen LogP contribution >= 0.6 is 0 Å². The average Bonchev–Trinajstić information content (AvgIpc) is 2.94. The molecule has 21 heavy (non-hydrogen) atoms. The van der Waals surface area contributed by atoms with E-state index < -0.39 is 0 Å². The average molecular weight is 287 g/mol. The van der Waals surface area contributed by atoms with Gasteiger partial charge in [0, 0.05) is 11.5 Å². The van der Waals surface area contributed by atoms with Crippen molar-refractivity contribution in [3.63, 3.8) is 0 Å². The van der Waals surface area contributed by atoms with Crippen LogP contribution in [0, 0.1) is 11.3 Å². The summed E-state index contributed by atoms with van der Waals surface area (Å²) in [4.78, 5) is 4.29. The van der Waals surface area contributed by atoms with E-state index in [1.165, 1.54) is 7.11 Å². The maximum Gasteiger partial charge on any atom is 0.264 e. The van der Waals surface area contributed by atoms with E-state index >= 15 is 0 Å². The van der Waals surface area contributed by atoms with Crippen molar-refractivity contribution in [2.45, 2.75) is 32.8 Å². The summed E-state index contributed by atoms with van der Waals surface area (Å²) in [6.07, 6.45) is 0. The van der Waals surface area contributed by atoms with Gasteiger partial charge in [-0.05, 0) is 12.1 Å². The topological polar surface area (TPSA) is 81.2 Å². The van der Waals surface area contributed by atoms with Crippen LogP contribution in [-0.4, -0.2) is 17.3 Å². The molecule has 0 saturated heterocycles. The molecule has 6 heteroatoms. The smallest absolute Gasteiger partial charge is 0.264 e. The first-order valence-corrected chi connectivity index (χ1v) is 6.48. The lowest BCUT2D eigenvalue weighted by atomic mass is 9.96. The molecule has 6 nitrogen and oxygen atoms in total. The van der Waals surface area contributed by atoms with E-state index in [1.807, 2.05) is 26.8 Å². The van der Waals surface area contributed by atoms with E-state index in [0.717, 1.165) is 0 Å². The van der Waals surface area contributed by atoms with Gasteiger partial charge in [0.2, 0.25) is 0 Å². The first kappa shape index (κ1) is 14.9. The zero-order valence-electron chi connectivity index (χ0n) is 12.5. The molecule has 0 radical (unpaired) electrons. The van der Waals surface area contributed by atoms with Crippen molar-refractivity contribution in [3.8, 4) is 17.6 Å². The van der Waals surface area contributed by atoms with E-state index in [9.17, 15) is 0 Å². The molecule has 110 valence electrons. The third-order valence-electron chi connectivity index (χ3n) is 2.78. The number of aromatic nitrogens is 2. The highest BCUT2D eigenvalue weighted by atomic mass is 16.5. The molecule has 0 N–H and O–H groups in total. The van der Waals surface area contributed by atoms with E-state index in [2.05, 4.69) is 10.1 Å². The molecule has 1 heterocycles. The van der Waals surface area contributed by atoms with E-state index in [4.69, 9.17) is 19.3 Å². The maximum atomic E-state index is 8.86. The van der Waals surface area contributed by atoms with Gasteiger partial charge in [-0.25, -0.2) is 0 Å². The number of benzene rings is 1. The van der Waals surface area contributed by atoms with Gasteiger partial charge in [-0.2, -0.15) is 10.2 Å². The van der Waals surface area contributed by atoms with Crippen LogP contribution < -0.4 is 9.47 Å². The van der Waals surface area contributed by atoms with Gasteiger partial charge >= 0.3 is 0 Å². The summed E-state index contributed by atoms with van der Waals surface area (Å²) in [5.74, 6) is 2.04. The molecule has 0 unspecified atom stereocenters. The zero-order chi connectivity index (χ0) is 15.5. The second-order valence-electron chi connectivity index (χ2n) is 5.53. The van der Waals surface area contributed by atoms with Crippen molar-refractivity contribution in [1.82, 2.24) is 10.1 Å². The Kier molecular flexibility index (Phi) is 4.13. The molecular formula is C15H17N3O3. The fraction of sp³-hybridized carbons (Fsp3) is 0.400. The Morgan fingerprint density at radius 1 is 1.29 bits per heavy atom. The second kappa shape index (κ2) is 5.83. The molecule has 2 aromatic rings. The van der Waals surface area contributed by atoms with Crippen molar-refractivity contribution >= 4 is 0 Å². The van der Waals surface area contributed by atoms with Crippen LogP contribution in [0.1, 0.15) is 38.0 Å². The third kappa shape index (κ3) is 3.51. The molecule has 0 atom stereocenters. The van der Waals surface area contributed by atoms with Crippen molar-refractivity contribution < 1.29 is 14.0 Å². The van der Waals surface area contributed by atoms with Crippen molar-refractivity contribution in [2.24, 2.45) is 0 Å². The van der Waals surface area contributed by atoms with Gasteiger partial charge in [-0.1, -0.05) is 25.9 Å². The number of hydrogen-bond acceptors (Lipinski definition) is 6. The number of hydrogen-bond donors (Lipinski definition) is 0. The summed E-state index contributed by atoms with van der Waals surface area (Å²) >= 11 is 0. The quantitative estimate of drug-likeness (QED) is 0.860. The highest BCUT2D eigenvalue weighted by molar-refractivity contribution is 5.46. The van der Waals surface area contributed by atoms with Crippen molar-refractivity contribution in [1.29, 1.82) is 5.26 Å². The number of nitriles is 1. The largest absolute Gasteiger partial charge is 0.493 e. The minimum atomic E-state index is -0.173. The monoisotopic (exact) mass is 287 g/mol. The molecule has 0 saturated carbocycles. The predicted molar refractivity (Wildman–Crippen MR) is 75.0 cm³/mol. The molecule has 1 aromatic carbocycles. The molecule has 0 aliphatic heterocycles. The Hall–Kier alpha value is -2.55. The summed E-state index contributed by atoms with van der Waals surface area (Å²) in [6.45, 7) is 6.16. The number of methoxy groups -OCH3 is 1. The van der Waals surface area contributed by atoms with Crippen LogP contribution in [0.3, 0.4) is 0 Å². The molecule has 0 spiro atoms. The molecule has 0 aliphatic rings.